The summed E-state index contributed by atoms with van der Waals surface area (Å²) in [5.41, 5.74) is 9.93. The topological polar surface area (TPSA) is 100 Å². The minimum absolute atomic E-state index is 0.0780. The maximum absolute atomic E-state index is 11.8. The number of thiocarbonyl (C=S) groups is 1. The molecule has 1 heterocycles. The van der Waals surface area contributed by atoms with Gasteiger partial charge in [-0.15, -0.1) is 0 Å². The van der Waals surface area contributed by atoms with Crippen molar-refractivity contribution in [1.29, 1.82) is 0 Å². The molecule has 92 valence electrons. The number of amides is 1. The van der Waals surface area contributed by atoms with Crippen LogP contribution in [-0.4, -0.2) is 22.1 Å². The first kappa shape index (κ1) is 13.2. The van der Waals surface area contributed by atoms with Gasteiger partial charge in [-0.1, -0.05) is 12.2 Å². The van der Waals surface area contributed by atoms with Crippen molar-refractivity contribution in [3.05, 3.63) is 28.7 Å². The number of aryl methyl sites for hydroxylation is 1. The average Bonchev–Trinajstić information content (AvgIpc) is 2.25. The lowest BCUT2D eigenvalue weighted by Crippen LogP contribution is -2.26. The highest BCUT2D eigenvalue weighted by Gasteiger charge is 2.05. The highest BCUT2D eigenvalue weighted by molar-refractivity contribution is 7.80. The van der Waals surface area contributed by atoms with Crippen LogP contribution >= 0.6 is 12.2 Å². The summed E-state index contributed by atoms with van der Waals surface area (Å²) in [6.45, 7) is 0.0521. The molecule has 0 saturated carbocycles. The zero-order chi connectivity index (χ0) is 12.8. The minimum atomic E-state index is -0.636. The lowest BCUT2D eigenvalue weighted by Gasteiger charge is -2.07. The van der Waals surface area contributed by atoms with Crippen molar-refractivity contribution in [1.82, 2.24) is 4.57 Å². The number of nitrogens with two attached hydrogens (primary N) is 2. The molecule has 0 saturated heterocycles. The second-order valence-corrected chi connectivity index (χ2v) is 3.87. The van der Waals surface area contributed by atoms with Crippen molar-refractivity contribution in [2.75, 3.05) is 6.61 Å². The molecule has 1 aromatic heterocycles. The summed E-state index contributed by atoms with van der Waals surface area (Å²) < 4.78 is 6.39. The summed E-state index contributed by atoms with van der Waals surface area (Å²) >= 11 is 4.73. The fourth-order valence-corrected chi connectivity index (χ4v) is 1.27. The number of rotatable bonds is 6. The van der Waals surface area contributed by atoms with E-state index in [0.29, 0.717) is 18.0 Å². The molecule has 0 spiro atoms. The normalized spacial score (nSPS) is 9.88. The molecule has 0 atom stereocenters. The van der Waals surface area contributed by atoms with E-state index in [1.807, 2.05) is 0 Å². The van der Waals surface area contributed by atoms with Gasteiger partial charge in [0.25, 0.3) is 11.5 Å². The lowest BCUT2D eigenvalue weighted by molar-refractivity contribution is -0.119. The van der Waals surface area contributed by atoms with Gasteiger partial charge in [0.1, 0.15) is 0 Å². The van der Waals surface area contributed by atoms with Crippen LogP contribution in [0.25, 0.3) is 0 Å². The zero-order valence-electron chi connectivity index (χ0n) is 9.09. The van der Waals surface area contributed by atoms with Gasteiger partial charge in [0, 0.05) is 19.2 Å². The Kier molecular flexibility index (Phi) is 4.65. The van der Waals surface area contributed by atoms with Crippen LogP contribution in [0.4, 0.5) is 0 Å². The van der Waals surface area contributed by atoms with E-state index in [9.17, 15) is 9.59 Å². The highest BCUT2D eigenvalue weighted by Crippen LogP contribution is 2.02. The Bertz CT molecular complexity index is 445. The van der Waals surface area contributed by atoms with Crippen molar-refractivity contribution in [2.24, 2.45) is 11.5 Å². The molecule has 0 radical (unpaired) electrons. The van der Waals surface area contributed by atoms with Crippen LogP contribution in [-0.2, 0) is 11.3 Å². The van der Waals surface area contributed by atoms with E-state index in [1.54, 1.807) is 12.3 Å². The first-order chi connectivity index (χ1) is 8.00. The van der Waals surface area contributed by atoms with Gasteiger partial charge in [-0.25, -0.2) is 0 Å². The second kappa shape index (κ2) is 6.00. The summed E-state index contributed by atoms with van der Waals surface area (Å²) in [6.07, 6.45) is 2.02. The third kappa shape index (κ3) is 4.23. The van der Waals surface area contributed by atoms with E-state index in [2.05, 4.69) is 0 Å². The number of nitrogens with zero attached hydrogens (tertiary/aromatic N) is 1. The molecule has 4 N–H and O–H groups in total. The molecule has 7 heteroatoms. The second-order valence-electron chi connectivity index (χ2n) is 3.34. The van der Waals surface area contributed by atoms with Crippen LogP contribution in [0.5, 0.6) is 5.75 Å². The maximum Gasteiger partial charge on any atom is 0.292 e. The molecule has 1 amide bonds. The molecule has 0 unspecified atom stereocenters. The summed E-state index contributed by atoms with van der Waals surface area (Å²) in [5.74, 6) is -0.558. The van der Waals surface area contributed by atoms with Crippen molar-refractivity contribution < 1.29 is 9.53 Å². The highest BCUT2D eigenvalue weighted by atomic mass is 32.1. The minimum Gasteiger partial charge on any atom is -0.478 e. The number of aromatic nitrogens is 1. The number of hydrogen-bond acceptors (Lipinski definition) is 4. The van der Waals surface area contributed by atoms with Crippen LogP contribution < -0.4 is 21.8 Å². The predicted octanol–water partition coefficient (Wildman–Crippen LogP) is -0.611. The molecule has 0 aliphatic heterocycles. The monoisotopic (exact) mass is 255 g/mol. The van der Waals surface area contributed by atoms with Crippen molar-refractivity contribution >= 4 is 23.1 Å². The summed E-state index contributed by atoms with van der Waals surface area (Å²) in [6, 6.07) is 3.11. The van der Waals surface area contributed by atoms with E-state index in [0.717, 1.165) is 0 Å². The molecule has 0 aliphatic rings. The smallest absolute Gasteiger partial charge is 0.292 e. The fourth-order valence-electron chi connectivity index (χ4n) is 1.18. The molecule has 1 aromatic rings. The van der Waals surface area contributed by atoms with Crippen LogP contribution in [0.2, 0.25) is 0 Å². The van der Waals surface area contributed by atoms with Gasteiger partial charge in [0.15, 0.2) is 12.4 Å². The predicted molar refractivity (Wildman–Crippen MR) is 66.8 cm³/mol. The van der Waals surface area contributed by atoms with Gasteiger partial charge < -0.3 is 20.8 Å². The number of hydrogen-bond donors (Lipinski definition) is 2. The lowest BCUT2D eigenvalue weighted by atomic mass is 10.4. The summed E-state index contributed by atoms with van der Waals surface area (Å²) in [7, 11) is 0. The van der Waals surface area contributed by atoms with E-state index in [-0.39, 0.29) is 17.9 Å². The Balaban J connectivity index is 2.80. The zero-order valence-corrected chi connectivity index (χ0v) is 9.90. The Morgan fingerprint density at radius 3 is 2.76 bits per heavy atom. The Morgan fingerprint density at radius 1 is 1.47 bits per heavy atom. The number of carbonyl (C=O) groups is 1. The number of carbonyl (C=O) groups excluding carboxylic acids is 1. The van der Waals surface area contributed by atoms with Crippen molar-refractivity contribution in [3.63, 3.8) is 0 Å². The molecule has 17 heavy (non-hydrogen) atoms. The fraction of sp³-hybridized carbons (Fsp3) is 0.300. The Hall–Kier alpha value is -1.89. The number of ether oxygens (including phenoxy) is 1. The van der Waals surface area contributed by atoms with Gasteiger partial charge in [0.2, 0.25) is 0 Å². The largest absolute Gasteiger partial charge is 0.478 e. The summed E-state index contributed by atoms with van der Waals surface area (Å²) in [5, 5.41) is 0. The van der Waals surface area contributed by atoms with Crippen LogP contribution in [0.15, 0.2) is 23.1 Å². The third-order valence-electron chi connectivity index (χ3n) is 1.95. The van der Waals surface area contributed by atoms with E-state index < -0.39 is 5.91 Å². The Labute approximate surface area is 103 Å². The number of primary amides is 1. The molecular formula is C10H13N3O3S. The van der Waals surface area contributed by atoms with Gasteiger partial charge in [-0.05, 0) is 12.1 Å². The third-order valence-corrected chi connectivity index (χ3v) is 2.16. The van der Waals surface area contributed by atoms with Gasteiger partial charge in [0.05, 0.1) is 4.99 Å². The quantitative estimate of drug-likeness (QED) is 0.660. The SMILES string of the molecule is NC(=O)COc1cccn(CCC(N)=S)c1=O. The average molecular weight is 255 g/mol. The van der Waals surface area contributed by atoms with E-state index >= 15 is 0 Å². The molecule has 6 nitrogen and oxygen atoms in total. The molecule has 0 fully saturated rings. The molecule has 1 rings (SSSR count). The van der Waals surface area contributed by atoms with Crippen LogP contribution in [0, 0.1) is 0 Å². The first-order valence-electron chi connectivity index (χ1n) is 4.89. The molecule has 0 aliphatic carbocycles. The van der Waals surface area contributed by atoms with Crippen molar-refractivity contribution in [2.45, 2.75) is 13.0 Å². The summed E-state index contributed by atoms with van der Waals surface area (Å²) in [4.78, 5) is 22.7. The van der Waals surface area contributed by atoms with Crippen LogP contribution in [0.3, 0.4) is 0 Å². The van der Waals surface area contributed by atoms with Crippen molar-refractivity contribution in [3.8, 4) is 5.75 Å². The number of pyridine rings is 1. The molecular weight excluding hydrogens is 242 g/mol. The maximum atomic E-state index is 11.8. The van der Waals surface area contributed by atoms with Crippen LogP contribution in [0.1, 0.15) is 6.42 Å². The van der Waals surface area contributed by atoms with E-state index in [1.165, 1.54) is 10.6 Å². The standard InChI is InChI=1S/C10H13N3O3S/c11-8(14)6-16-7-2-1-4-13(10(7)15)5-3-9(12)17/h1-2,4H,3,5-6H2,(H2,11,14)(H2,12,17). The first-order valence-corrected chi connectivity index (χ1v) is 5.30. The van der Waals surface area contributed by atoms with Gasteiger partial charge >= 0.3 is 0 Å². The molecule has 0 bridgehead atoms. The van der Waals surface area contributed by atoms with Gasteiger partial charge in [-0.2, -0.15) is 0 Å². The van der Waals surface area contributed by atoms with Gasteiger partial charge in [-0.3, -0.25) is 9.59 Å². The Morgan fingerprint density at radius 2 is 2.18 bits per heavy atom. The van der Waals surface area contributed by atoms with E-state index in [4.69, 9.17) is 28.4 Å². The molecule has 0 aromatic carbocycles.